The second-order valence-electron chi connectivity index (χ2n) is 5.66. The van der Waals surface area contributed by atoms with E-state index >= 15 is 0 Å². The van der Waals surface area contributed by atoms with Crippen molar-refractivity contribution in [1.82, 2.24) is 4.90 Å². The summed E-state index contributed by atoms with van der Waals surface area (Å²) in [6.45, 7) is 0.356. The van der Waals surface area contributed by atoms with Gasteiger partial charge in [0.15, 0.2) is 6.10 Å². The Morgan fingerprint density at radius 2 is 1.72 bits per heavy atom. The van der Waals surface area contributed by atoms with Crippen molar-refractivity contribution in [1.29, 1.82) is 0 Å². The third-order valence-electron chi connectivity index (χ3n) is 4.07. The lowest BCUT2D eigenvalue weighted by molar-refractivity contribution is -0.170. The average molecular weight is 337 g/mol. The fourth-order valence-corrected chi connectivity index (χ4v) is 2.77. The summed E-state index contributed by atoms with van der Waals surface area (Å²) in [6.07, 6.45) is 2.11. The summed E-state index contributed by atoms with van der Waals surface area (Å²) in [4.78, 5) is 25.3. The standard InChI is InChI=1S/C20H19NO4/c1-24-17(22)12-13-21-18(16-10-6-3-7-11-16)19(20(21)23)25-14-15-8-4-2-5-9-15/h2-13,18-19H,14H2,1H3/b13-12+/t18-,19+/m1/s1. The summed E-state index contributed by atoms with van der Waals surface area (Å²) >= 11 is 0. The first-order valence-corrected chi connectivity index (χ1v) is 7.99. The molecule has 5 nitrogen and oxygen atoms in total. The highest BCUT2D eigenvalue weighted by Gasteiger charge is 2.48. The van der Waals surface area contributed by atoms with Crippen LogP contribution in [-0.2, 0) is 25.7 Å². The van der Waals surface area contributed by atoms with E-state index < -0.39 is 12.1 Å². The zero-order chi connectivity index (χ0) is 17.6. The monoisotopic (exact) mass is 337 g/mol. The Hall–Kier alpha value is -2.92. The zero-order valence-electron chi connectivity index (χ0n) is 13.9. The smallest absolute Gasteiger partial charge is 0.331 e. The van der Waals surface area contributed by atoms with Gasteiger partial charge in [-0.1, -0.05) is 60.7 Å². The minimum Gasteiger partial charge on any atom is -0.466 e. The highest BCUT2D eigenvalue weighted by atomic mass is 16.5. The molecule has 1 aliphatic heterocycles. The van der Waals surface area contributed by atoms with E-state index in [2.05, 4.69) is 4.74 Å². The molecule has 1 saturated heterocycles. The Labute approximate surface area is 146 Å². The van der Waals surface area contributed by atoms with Gasteiger partial charge in [0.2, 0.25) is 0 Å². The largest absolute Gasteiger partial charge is 0.466 e. The normalized spacial score (nSPS) is 19.7. The van der Waals surface area contributed by atoms with Gasteiger partial charge in [0, 0.05) is 12.3 Å². The van der Waals surface area contributed by atoms with Crippen LogP contribution in [0.4, 0.5) is 0 Å². The molecule has 3 rings (SSSR count). The predicted molar refractivity (Wildman–Crippen MR) is 92.2 cm³/mol. The van der Waals surface area contributed by atoms with E-state index in [0.29, 0.717) is 6.61 Å². The molecule has 25 heavy (non-hydrogen) atoms. The molecule has 2 aromatic rings. The molecule has 0 saturated carbocycles. The molecule has 0 unspecified atom stereocenters. The highest BCUT2D eigenvalue weighted by molar-refractivity contribution is 5.91. The number of hydrogen-bond acceptors (Lipinski definition) is 4. The molecular weight excluding hydrogens is 318 g/mol. The van der Waals surface area contributed by atoms with Crippen LogP contribution >= 0.6 is 0 Å². The third-order valence-corrected chi connectivity index (χ3v) is 4.07. The maximum Gasteiger partial charge on any atom is 0.331 e. The lowest BCUT2D eigenvalue weighted by Crippen LogP contribution is -2.57. The molecule has 2 atom stereocenters. The number of ether oxygens (including phenoxy) is 2. The van der Waals surface area contributed by atoms with Gasteiger partial charge in [-0.2, -0.15) is 0 Å². The summed E-state index contributed by atoms with van der Waals surface area (Å²) in [7, 11) is 1.30. The molecule has 0 radical (unpaired) electrons. The molecule has 1 heterocycles. The molecule has 128 valence electrons. The number of benzene rings is 2. The predicted octanol–water partition coefficient (Wildman–Crippen LogP) is 2.84. The number of likely N-dealkylation sites (tertiary alicyclic amines) is 1. The van der Waals surface area contributed by atoms with Crippen LogP contribution in [0.2, 0.25) is 0 Å². The molecule has 0 N–H and O–H groups in total. The topological polar surface area (TPSA) is 55.8 Å². The van der Waals surface area contributed by atoms with Gasteiger partial charge in [0.05, 0.1) is 19.8 Å². The molecular formula is C20H19NO4. The Morgan fingerprint density at radius 3 is 2.36 bits per heavy atom. The quantitative estimate of drug-likeness (QED) is 0.462. The number of carbonyl (C=O) groups excluding carboxylic acids is 2. The Kier molecular flexibility index (Phi) is 5.26. The molecule has 5 heteroatoms. The van der Waals surface area contributed by atoms with Gasteiger partial charge in [-0.25, -0.2) is 4.79 Å². The zero-order valence-corrected chi connectivity index (χ0v) is 13.9. The molecule has 2 aromatic carbocycles. The van der Waals surface area contributed by atoms with E-state index in [-0.39, 0.29) is 11.9 Å². The first-order valence-electron chi connectivity index (χ1n) is 7.99. The minimum atomic E-state index is -0.579. The van der Waals surface area contributed by atoms with Gasteiger partial charge in [0.1, 0.15) is 0 Å². The number of methoxy groups -OCH3 is 1. The molecule has 0 aromatic heterocycles. The molecule has 1 fully saturated rings. The average Bonchev–Trinajstić information content (AvgIpc) is 2.67. The van der Waals surface area contributed by atoms with Crippen LogP contribution in [0.3, 0.4) is 0 Å². The van der Waals surface area contributed by atoms with Gasteiger partial charge in [-0.3, -0.25) is 4.79 Å². The van der Waals surface area contributed by atoms with E-state index in [4.69, 9.17) is 4.74 Å². The minimum absolute atomic E-state index is 0.176. The van der Waals surface area contributed by atoms with Crippen LogP contribution in [0, 0.1) is 0 Å². The van der Waals surface area contributed by atoms with Crippen LogP contribution in [-0.4, -0.2) is 30.0 Å². The molecule has 1 aliphatic rings. The van der Waals surface area contributed by atoms with Crippen LogP contribution in [0.5, 0.6) is 0 Å². The van der Waals surface area contributed by atoms with Crippen LogP contribution in [0.15, 0.2) is 72.9 Å². The van der Waals surface area contributed by atoms with Gasteiger partial charge in [-0.05, 0) is 11.1 Å². The molecule has 0 aliphatic carbocycles. The maximum atomic E-state index is 12.5. The second-order valence-corrected chi connectivity index (χ2v) is 5.66. The van der Waals surface area contributed by atoms with E-state index in [0.717, 1.165) is 11.1 Å². The van der Waals surface area contributed by atoms with Crippen molar-refractivity contribution in [3.63, 3.8) is 0 Å². The summed E-state index contributed by atoms with van der Waals surface area (Å²) < 4.78 is 10.4. The summed E-state index contributed by atoms with van der Waals surface area (Å²) in [5, 5.41) is 0. The van der Waals surface area contributed by atoms with Crippen LogP contribution in [0.1, 0.15) is 17.2 Å². The van der Waals surface area contributed by atoms with E-state index in [1.54, 1.807) is 0 Å². The Bertz CT molecular complexity index is 758. The molecule has 0 bridgehead atoms. The summed E-state index contributed by atoms with van der Waals surface area (Å²) in [5.74, 6) is -0.682. The number of β-lactam (4-membered cyclic amide) rings is 1. The Balaban J connectivity index is 1.76. The van der Waals surface area contributed by atoms with Crippen molar-refractivity contribution >= 4 is 11.9 Å². The fourth-order valence-electron chi connectivity index (χ4n) is 2.77. The number of hydrogen-bond donors (Lipinski definition) is 0. The SMILES string of the molecule is COC(=O)/C=C/N1C(=O)[C@@H](OCc2ccccc2)[C@H]1c1ccccc1. The van der Waals surface area contributed by atoms with Gasteiger partial charge in [0.25, 0.3) is 5.91 Å². The van der Waals surface area contributed by atoms with Crippen molar-refractivity contribution in [2.45, 2.75) is 18.8 Å². The van der Waals surface area contributed by atoms with Gasteiger partial charge in [-0.15, -0.1) is 0 Å². The summed E-state index contributed by atoms with van der Waals surface area (Å²) in [6, 6.07) is 19.1. The lowest BCUT2D eigenvalue weighted by Gasteiger charge is -2.45. The fraction of sp³-hybridized carbons (Fsp3) is 0.200. The van der Waals surface area contributed by atoms with Crippen molar-refractivity contribution in [3.05, 3.63) is 84.1 Å². The maximum absolute atomic E-state index is 12.5. The van der Waals surface area contributed by atoms with E-state index in [9.17, 15) is 9.59 Å². The number of amides is 1. The lowest BCUT2D eigenvalue weighted by atomic mass is 9.91. The van der Waals surface area contributed by atoms with Crippen molar-refractivity contribution in [3.8, 4) is 0 Å². The first-order chi connectivity index (χ1) is 12.2. The van der Waals surface area contributed by atoms with Gasteiger partial charge < -0.3 is 14.4 Å². The van der Waals surface area contributed by atoms with Crippen molar-refractivity contribution < 1.29 is 19.1 Å². The molecule has 1 amide bonds. The highest BCUT2D eigenvalue weighted by Crippen LogP contribution is 2.37. The second kappa shape index (κ2) is 7.77. The summed E-state index contributed by atoms with van der Waals surface area (Å²) in [5.41, 5.74) is 1.96. The van der Waals surface area contributed by atoms with Gasteiger partial charge >= 0.3 is 5.97 Å². The number of esters is 1. The number of rotatable bonds is 6. The van der Waals surface area contributed by atoms with Crippen molar-refractivity contribution in [2.75, 3.05) is 7.11 Å². The van der Waals surface area contributed by atoms with Crippen molar-refractivity contribution in [2.24, 2.45) is 0 Å². The molecule has 0 spiro atoms. The van der Waals surface area contributed by atoms with E-state index in [1.807, 2.05) is 60.7 Å². The first kappa shape index (κ1) is 16.9. The Morgan fingerprint density at radius 1 is 1.08 bits per heavy atom. The number of carbonyl (C=O) groups is 2. The van der Waals surface area contributed by atoms with Crippen LogP contribution < -0.4 is 0 Å². The van der Waals surface area contributed by atoms with Crippen LogP contribution in [0.25, 0.3) is 0 Å². The third kappa shape index (κ3) is 3.78. The number of nitrogens with zero attached hydrogens (tertiary/aromatic N) is 1. The van der Waals surface area contributed by atoms with E-state index in [1.165, 1.54) is 24.3 Å².